The predicted octanol–water partition coefficient (Wildman–Crippen LogP) is 2.41. The lowest BCUT2D eigenvalue weighted by atomic mass is 10.1. The molecule has 1 heterocycles. The fourth-order valence-corrected chi connectivity index (χ4v) is 1.79. The summed E-state index contributed by atoms with van der Waals surface area (Å²) in [6.45, 7) is 4.06. The minimum absolute atomic E-state index is 0.0829. The molecule has 2 N–H and O–H groups in total. The second-order valence-corrected chi connectivity index (χ2v) is 3.83. The molecule has 0 aliphatic carbocycles. The Kier molecular flexibility index (Phi) is 2.23. The molecule has 0 aliphatic rings. The quantitative estimate of drug-likeness (QED) is 0.787. The maximum Gasteiger partial charge on any atom is 0.307 e. The van der Waals surface area contributed by atoms with Crippen LogP contribution < -0.4 is 0 Å². The van der Waals surface area contributed by atoms with E-state index >= 15 is 0 Å². The molecule has 0 saturated heterocycles. The average molecular weight is 203 g/mol. The van der Waals surface area contributed by atoms with Gasteiger partial charge < -0.3 is 10.1 Å². The van der Waals surface area contributed by atoms with Crippen molar-refractivity contribution in [3.8, 4) is 0 Å². The van der Waals surface area contributed by atoms with Crippen molar-refractivity contribution < 1.29 is 9.90 Å². The van der Waals surface area contributed by atoms with Crippen LogP contribution in [0, 0.1) is 13.8 Å². The minimum atomic E-state index is -0.792. The Balaban J connectivity index is 2.54. The number of carboxylic acid groups (broad SMARTS) is 1. The van der Waals surface area contributed by atoms with E-state index in [1.807, 2.05) is 32.0 Å². The van der Waals surface area contributed by atoms with E-state index in [1.54, 1.807) is 0 Å². The molecule has 0 spiro atoms. The number of nitrogens with one attached hydrogen (secondary N) is 1. The number of aliphatic carboxylic acids is 1. The molecule has 78 valence electrons. The highest BCUT2D eigenvalue weighted by Crippen LogP contribution is 2.22. The number of carboxylic acids is 1. The Labute approximate surface area is 87.7 Å². The number of rotatable bonds is 2. The van der Waals surface area contributed by atoms with Crippen molar-refractivity contribution in [2.24, 2.45) is 0 Å². The molecule has 0 bridgehead atoms. The van der Waals surface area contributed by atoms with Crippen molar-refractivity contribution in [3.05, 3.63) is 35.0 Å². The van der Waals surface area contributed by atoms with E-state index in [9.17, 15) is 4.79 Å². The minimum Gasteiger partial charge on any atom is -0.481 e. The van der Waals surface area contributed by atoms with Gasteiger partial charge in [0, 0.05) is 16.6 Å². The van der Waals surface area contributed by atoms with E-state index in [1.165, 1.54) is 5.56 Å². The number of benzene rings is 1. The first-order valence-electron chi connectivity index (χ1n) is 4.87. The third kappa shape index (κ3) is 1.73. The average Bonchev–Trinajstić information content (AvgIpc) is 2.43. The van der Waals surface area contributed by atoms with Crippen LogP contribution in [0.1, 0.15) is 16.8 Å². The molecule has 2 aromatic rings. The van der Waals surface area contributed by atoms with Crippen LogP contribution >= 0.6 is 0 Å². The molecule has 0 amide bonds. The van der Waals surface area contributed by atoms with Gasteiger partial charge in [0.15, 0.2) is 0 Å². The third-order valence-corrected chi connectivity index (χ3v) is 2.73. The molecule has 1 aromatic heterocycles. The number of carbonyl (C=O) groups is 1. The number of hydrogen-bond donors (Lipinski definition) is 2. The Morgan fingerprint density at radius 1 is 1.40 bits per heavy atom. The van der Waals surface area contributed by atoms with Crippen LogP contribution in [0.5, 0.6) is 0 Å². The largest absolute Gasteiger partial charge is 0.481 e. The fraction of sp³-hybridized carbons (Fsp3) is 0.250. The lowest BCUT2D eigenvalue weighted by Gasteiger charge is -1.98. The summed E-state index contributed by atoms with van der Waals surface area (Å²) in [5, 5.41) is 9.82. The Morgan fingerprint density at radius 2 is 2.13 bits per heavy atom. The van der Waals surface area contributed by atoms with Gasteiger partial charge in [-0.25, -0.2) is 0 Å². The van der Waals surface area contributed by atoms with E-state index in [-0.39, 0.29) is 6.42 Å². The molecule has 0 aliphatic heterocycles. The normalized spacial score (nSPS) is 10.8. The zero-order chi connectivity index (χ0) is 11.0. The van der Waals surface area contributed by atoms with E-state index in [4.69, 9.17) is 5.11 Å². The first-order valence-corrected chi connectivity index (χ1v) is 4.87. The van der Waals surface area contributed by atoms with Gasteiger partial charge in [-0.2, -0.15) is 0 Å². The number of aryl methyl sites for hydroxylation is 2. The summed E-state index contributed by atoms with van der Waals surface area (Å²) in [6.07, 6.45) is 0.0829. The summed E-state index contributed by atoms with van der Waals surface area (Å²) < 4.78 is 0. The number of aromatic amines is 1. The van der Waals surface area contributed by atoms with Crippen molar-refractivity contribution in [2.45, 2.75) is 20.3 Å². The molecule has 0 radical (unpaired) electrons. The van der Waals surface area contributed by atoms with Crippen LogP contribution in [-0.2, 0) is 11.2 Å². The van der Waals surface area contributed by atoms with Gasteiger partial charge in [-0.15, -0.1) is 0 Å². The molecule has 0 unspecified atom stereocenters. The van der Waals surface area contributed by atoms with Crippen LogP contribution in [0.25, 0.3) is 10.9 Å². The van der Waals surface area contributed by atoms with Crippen molar-refractivity contribution in [1.29, 1.82) is 0 Å². The van der Waals surface area contributed by atoms with Crippen LogP contribution in [0.2, 0.25) is 0 Å². The van der Waals surface area contributed by atoms with Crippen molar-refractivity contribution >= 4 is 16.9 Å². The molecule has 0 saturated carbocycles. The predicted molar refractivity (Wildman–Crippen MR) is 59.1 cm³/mol. The summed E-state index contributed by atoms with van der Waals surface area (Å²) in [5.74, 6) is -0.792. The Morgan fingerprint density at radius 3 is 2.80 bits per heavy atom. The molecule has 15 heavy (non-hydrogen) atoms. The standard InChI is InChI=1S/C12H13NO2/c1-7-8(2)13-11-4-3-9(5-10(7)11)6-12(14)15/h3-5,13H,6H2,1-2H3,(H,14,15). The lowest BCUT2D eigenvalue weighted by Crippen LogP contribution is -1.99. The molecule has 3 nitrogen and oxygen atoms in total. The van der Waals surface area contributed by atoms with E-state index < -0.39 is 5.97 Å². The Hall–Kier alpha value is -1.77. The first kappa shape index (κ1) is 9.77. The van der Waals surface area contributed by atoms with Crippen LogP contribution in [0.4, 0.5) is 0 Å². The van der Waals surface area contributed by atoms with Crippen molar-refractivity contribution in [2.75, 3.05) is 0 Å². The molecule has 3 heteroatoms. The Bertz CT molecular complexity index is 526. The monoisotopic (exact) mass is 203 g/mol. The van der Waals surface area contributed by atoms with E-state index in [0.29, 0.717) is 0 Å². The van der Waals surface area contributed by atoms with Crippen molar-refractivity contribution in [3.63, 3.8) is 0 Å². The zero-order valence-corrected chi connectivity index (χ0v) is 8.79. The highest BCUT2D eigenvalue weighted by atomic mass is 16.4. The van der Waals surface area contributed by atoms with Gasteiger partial charge in [-0.3, -0.25) is 4.79 Å². The number of hydrogen-bond acceptors (Lipinski definition) is 1. The van der Waals surface area contributed by atoms with E-state index in [0.717, 1.165) is 22.2 Å². The van der Waals surface area contributed by atoms with Crippen LogP contribution in [-0.4, -0.2) is 16.1 Å². The highest BCUT2D eigenvalue weighted by Gasteiger charge is 2.06. The second-order valence-electron chi connectivity index (χ2n) is 3.83. The molecule has 1 aromatic carbocycles. The van der Waals surface area contributed by atoms with Gasteiger partial charge in [0.1, 0.15) is 0 Å². The molecule has 0 fully saturated rings. The summed E-state index contributed by atoms with van der Waals surface area (Å²) in [6, 6.07) is 5.74. The zero-order valence-electron chi connectivity index (χ0n) is 8.79. The summed E-state index contributed by atoms with van der Waals surface area (Å²) in [4.78, 5) is 13.8. The highest BCUT2D eigenvalue weighted by molar-refractivity contribution is 5.86. The third-order valence-electron chi connectivity index (χ3n) is 2.73. The first-order chi connectivity index (χ1) is 7.08. The topological polar surface area (TPSA) is 53.1 Å². The summed E-state index contributed by atoms with van der Waals surface area (Å²) in [5.41, 5.74) is 4.24. The maximum absolute atomic E-state index is 10.6. The molecule has 2 rings (SSSR count). The van der Waals surface area contributed by atoms with Gasteiger partial charge in [-0.1, -0.05) is 6.07 Å². The van der Waals surface area contributed by atoms with Gasteiger partial charge in [0.25, 0.3) is 0 Å². The van der Waals surface area contributed by atoms with Crippen LogP contribution in [0.3, 0.4) is 0 Å². The summed E-state index contributed by atoms with van der Waals surface area (Å²) in [7, 11) is 0. The van der Waals surface area contributed by atoms with Gasteiger partial charge in [0.05, 0.1) is 6.42 Å². The number of H-pyrrole nitrogens is 1. The number of aromatic nitrogens is 1. The fourth-order valence-electron chi connectivity index (χ4n) is 1.79. The lowest BCUT2D eigenvalue weighted by molar-refractivity contribution is -0.136. The smallest absolute Gasteiger partial charge is 0.307 e. The van der Waals surface area contributed by atoms with Gasteiger partial charge in [-0.05, 0) is 37.1 Å². The maximum atomic E-state index is 10.6. The van der Waals surface area contributed by atoms with Gasteiger partial charge in [0.2, 0.25) is 0 Å². The SMILES string of the molecule is Cc1[nH]c2ccc(CC(=O)O)cc2c1C. The summed E-state index contributed by atoms with van der Waals surface area (Å²) >= 11 is 0. The van der Waals surface area contributed by atoms with E-state index in [2.05, 4.69) is 4.98 Å². The van der Waals surface area contributed by atoms with Crippen molar-refractivity contribution in [1.82, 2.24) is 4.98 Å². The number of fused-ring (bicyclic) bond motifs is 1. The van der Waals surface area contributed by atoms with Gasteiger partial charge >= 0.3 is 5.97 Å². The molecule has 0 atom stereocenters. The van der Waals surface area contributed by atoms with Crippen LogP contribution in [0.15, 0.2) is 18.2 Å². The molecular weight excluding hydrogens is 190 g/mol. The second kappa shape index (κ2) is 3.42. The molecular formula is C12H13NO2.